The van der Waals surface area contributed by atoms with Crippen LogP contribution < -0.4 is 0 Å². The zero-order valence-corrected chi connectivity index (χ0v) is 16.5. The quantitative estimate of drug-likeness (QED) is 0.626. The summed E-state index contributed by atoms with van der Waals surface area (Å²) in [6, 6.07) is 7.09. The van der Waals surface area contributed by atoms with Crippen LogP contribution in [0.4, 0.5) is 0 Å². The van der Waals surface area contributed by atoms with Crippen LogP contribution in [0.2, 0.25) is 10.0 Å². The van der Waals surface area contributed by atoms with Crippen LogP contribution in [0.1, 0.15) is 55.4 Å². The average Bonchev–Trinajstić information content (AvgIpc) is 2.49. The van der Waals surface area contributed by atoms with Gasteiger partial charge in [0.15, 0.2) is 0 Å². The highest BCUT2D eigenvalue weighted by Crippen LogP contribution is 2.30. The van der Waals surface area contributed by atoms with Crippen LogP contribution in [0.3, 0.4) is 0 Å². The van der Waals surface area contributed by atoms with Gasteiger partial charge in [-0.15, -0.1) is 0 Å². The van der Waals surface area contributed by atoms with Gasteiger partial charge in [0.2, 0.25) is 0 Å². The maximum absolute atomic E-state index is 9.53. The summed E-state index contributed by atoms with van der Waals surface area (Å²) in [5.74, 6) is 1.01. The van der Waals surface area contributed by atoms with Gasteiger partial charge >= 0.3 is 0 Å². The predicted octanol–water partition coefficient (Wildman–Crippen LogP) is 6.78. The van der Waals surface area contributed by atoms with Crippen LogP contribution >= 0.6 is 23.2 Å². The zero-order valence-electron chi connectivity index (χ0n) is 15.0. The molecule has 0 aromatic heterocycles. The molecule has 0 unspecified atom stereocenters. The first kappa shape index (κ1) is 20.7. The summed E-state index contributed by atoms with van der Waals surface area (Å²) in [6.07, 6.45) is 1.90. The Hall–Kier alpha value is -1.38. The molecular weight excluding hydrogens is 343 g/mol. The van der Waals surface area contributed by atoms with E-state index < -0.39 is 0 Å². The van der Waals surface area contributed by atoms with E-state index in [-0.39, 0.29) is 0 Å². The zero-order chi connectivity index (χ0) is 18.4. The molecule has 0 bridgehead atoms. The molecule has 4 heteroatoms. The maximum atomic E-state index is 9.53. The van der Waals surface area contributed by atoms with E-state index in [0.717, 1.165) is 45.1 Å². The molecule has 0 fully saturated rings. The maximum Gasteiger partial charge on any atom is 0.119 e. The molecule has 0 atom stereocenters. The lowest BCUT2D eigenvalue weighted by atomic mass is 10.0. The van der Waals surface area contributed by atoms with Gasteiger partial charge < -0.3 is 10.2 Å². The van der Waals surface area contributed by atoms with Crippen LogP contribution in [0.15, 0.2) is 24.3 Å². The first-order valence-electron chi connectivity index (χ1n) is 8.14. The number of aryl methyl sites for hydroxylation is 3. The average molecular weight is 369 g/mol. The van der Waals surface area contributed by atoms with Crippen molar-refractivity contribution in [2.45, 2.75) is 53.4 Å². The van der Waals surface area contributed by atoms with Gasteiger partial charge in [0.05, 0.1) is 0 Å². The molecular formula is C20H26Cl2O2. The molecule has 0 amide bonds. The van der Waals surface area contributed by atoms with E-state index in [0.29, 0.717) is 17.4 Å². The minimum absolute atomic E-state index is 0.308. The van der Waals surface area contributed by atoms with Crippen molar-refractivity contribution < 1.29 is 10.2 Å². The SMILES string of the molecule is CCCc1cc(Cl)c(C)cc1O.Cc1cc(O)c(C(C)C)cc1Cl. The van der Waals surface area contributed by atoms with E-state index in [1.807, 2.05) is 39.8 Å². The highest BCUT2D eigenvalue weighted by Gasteiger charge is 2.08. The van der Waals surface area contributed by atoms with Gasteiger partial charge in [0.1, 0.15) is 11.5 Å². The molecule has 2 aromatic rings. The van der Waals surface area contributed by atoms with E-state index >= 15 is 0 Å². The largest absolute Gasteiger partial charge is 0.508 e. The van der Waals surface area contributed by atoms with Crippen molar-refractivity contribution in [3.8, 4) is 11.5 Å². The Morgan fingerprint density at radius 2 is 1.38 bits per heavy atom. The summed E-state index contributed by atoms with van der Waals surface area (Å²) in [5, 5.41) is 20.5. The number of phenols is 2. The van der Waals surface area contributed by atoms with E-state index in [9.17, 15) is 10.2 Å². The first-order valence-corrected chi connectivity index (χ1v) is 8.89. The summed E-state index contributed by atoms with van der Waals surface area (Å²) in [6.45, 7) is 9.90. The Bertz CT molecular complexity index is 695. The predicted molar refractivity (Wildman–Crippen MR) is 104 cm³/mol. The highest BCUT2D eigenvalue weighted by molar-refractivity contribution is 6.31. The van der Waals surface area contributed by atoms with Crippen molar-refractivity contribution in [3.05, 3.63) is 56.6 Å². The molecule has 2 nitrogen and oxygen atoms in total. The van der Waals surface area contributed by atoms with Gasteiger partial charge in [-0.05, 0) is 72.7 Å². The number of halogens is 2. The summed E-state index contributed by atoms with van der Waals surface area (Å²) in [4.78, 5) is 0. The van der Waals surface area contributed by atoms with Crippen molar-refractivity contribution in [2.75, 3.05) is 0 Å². The lowest BCUT2D eigenvalue weighted by Gasteiger charge is -2.09. The van der Waals surface area contributed by atoms with Crippen molar-refractivity contribution >= 4 is 23.2 Å². The van der Waals surface area contributed by atoms with E-state index in [1.54, 1.807) is 12.1 Å². The molecule has 0 radical (unpaired) electrons. The molecule has 0 aliphatic carbocycles. The summed E-state index contributed by atoms with van der Waals surface area (Å²) >= 11 is 11.8. The Morgan fingerprint density at radius 1 is 0.875 bits per heavy atom. The van der Waals surface area contributed by atoms with E-state index in [4.69, 9.17) is 23.2 Å². The van der Waals surface area contributed by atoms with Gasteiger partial charge in [-0.3, -0.25) is 0 Å². The Kier molecular flexibility index (Phi) is 7.92. The number of phenolic OH excluding ortho intramolecular Hbond substituents is 2. The molecule has 0 saturated heterocycles. The fourth-order valence-electron chi connectivity index (χ4n) is 2.32. The number of benzene rings is 2. The number of rotatable bonds is 3. The molecule has 24 heavy (non-hydrogen) atoms. The third-order valence-corrected chi connectivity index (χ3v) is 4.62. The first-order chi connectivity index (χ1) is 11.2. The normalized spacial score (nSPS) is 10.5. The second-order valence-corrected chi connectivity index (χ2v) is 7.11. The second-order valence-electron chi connectivity index (χ2n) is 6.30. The van der Waals surface area contributed by atoms with Gasteiger partial charge in [0.25, 0.3) is 0 Å². The minimum atomic E-state index is 0.308. The number of hydrogen-bond donors (Lipinski definition) is 2. The highest BCUT2D eigenvalue weighted by atomic mass is 35.5. The third-order valence-electron chi connectivity index (χ3n) is 3.81. The minimum Gasteiger partial charge on any atom is -0.508 e. The van der Waals surface area contributed by atoms with Crippen LogP contribution in [0.25, 0.3) is 0 Å². The lowest BCUT2D eigenvalue weighted by molar-refractivity contribution is 0.464. The van der Waals surface area contributed by atoms with Crippen LogP contribution in [0.5, 0.6) is 11.5 Å². The van der Waals surface area contributed by atoms with E-state index in [2.05, 4.69) is 6.92 Å². The van der Waals surface area contributed by atoms with Gasteiger partial charge in [-0.1, -0.05) is 50.4 Å². The number of aromatic hydroxyl groups is 2. The van der Waals surface area contributed by atoms with Crippen molar-refractivity contribution in [1.82, 2.24) is 0 Å². The van der Waals surface area contributed by atoms with Gasteiger partial charge in [0, 0.05) is 10.0 Å². The standard InChI is InChI=1S/2C10H13ClO/c1-6(2)8-5-9(11)7(3)4-10(8)12;1-3-4-8-6-9(11)7(2)5-10(8)12/h4-6,12H,1-3H3;5-6,12H,3-4H2,1-2H3. The van der Waals surface area contributed by atoms with Gasteiger partial charge in [-0.25, -0.2) is 0 Å². The lowest BCUT2D eigenvalue weighted by Crippen LogP contribution is -1.89. The molecule has 0 aliphatic rings. The summed E-state index contributed by atoms with van der Waals surface area (Å²) < 4.78 is 0. The van der Waals surface area contributed by atoms with Crippen LogP contribution in [-0.4, -0.2) is 10.2 Å². The summed E-state index contributed by atoms with van der Waals surface area (Å²) in [7, 11) is 0. The topological polar surface area (TPSA) is 40.5 Å². The third kappa shape index (κ3) is 5.61. The molecule has 2 N–H and O–H groups in total. The van der Waals surface area contributed by atoms with Crippen LogP contribution in [0, 0.1) is 13.8 Å². The molecule has 0 saturated carbocycles. The van der Waals surface area contributed by atoms with Crippen molar-refractivity contribution in [1.29, 1.82) is 0 Å². The smallest absolute Gasteiger partial charge is 0.119 e. The summed E-state index contributed by atoms with van der Waals surface area (Å²) in [5.41, 5.74) is 3.69. The molecule has 2 rings (SSSR count). The van der Waals surface area contributed by atoms with Crippen molar-refractivity contribution in [2.24, 2.45) is 0 Å². The molecule has 0 heterocycles. The molecule has 132 valence electrons. The monoisotopic (exact) mass is 368 g/mol. The molecule has 2 aromatic carbocycles. The number of hydrogen-bond acceptors (Lipinski definition) is 2. The second kappa shape index (κ2) is 9.19. The Morgan fingerprint density at radius 3 is 1.88 bits per heavy atom. The van der Waals surface area contributed by atoms with E-state index in [1.165, 1.54) is 0 Å². The Labute approximate surface area is 155 Å². The molecule has 0 aliphatic heterocycles. The fourth-order valence-corrected chi connectivity index (χ4v) is 2.68. The van der Waals surface area contributed by atoms with Gasteiger partial charge in [-0.2, -0.15) is 0 Å². The van der Waals surface area contributed by atoms with Crippen molar-refractivity contribution in [3.63, 3.8) is 0 Å². The molecule has 0 spiro atoms. The van der Waals surface area contributed by atoms with Crippen LogP contribution in [-0.2, 0) is 6.42 Å². The fraction of sp³-hybridized carbons (Fsp3) is 0.400. The Balaban J connectivity index is 0.000000240.